The molecule has 1 aliphatic rings. The number of guanidine groups is 1. The van der Waals surface area contributed by atoms with Crippen molar-refractivity contribution in [2.45, 2.75) is 25.7 Å². The van der Waals surface area contributed by atoms with Crippen molar-refractivity contribution in [3.63, 3.8) is 0 Å². The molecule has 1 saturated heterocycles. The van der Waals surface area contributed by atoms with Crippen molar-refractivity contribution >= 4 is 57.3 Å². The van der Waals surface area contributed by atoms with Crippen LogP contribution in [0.15, 0.2) is 16.0 Å². The summed E-state index contributed by atoms with van der Waals surface area (Å²) in [5.41, 5.74) is 0. The molecule has 0 bridgehead atoms. The van der Waals surface area contributed by atoms with E-state index in [2.05, 4.69) is 15.0 Å². The van der Waals surface area contributed by atoms with E-state index in [-0.39, 0.29) is 48.3 Å². The second-order valence-corrected chi connectivity index (χ2v) is 9.86. The molecule has 1 aliphatic heterocycles. The van der Waals surface area contributed by atoms with Crippen LogP contribution in [0.1, 0.15) is 16.7 Å². The maximum Gasteiger partial charge on any atom is 0.310 e. The van der Waals surface area contributed by atoms with Gasteiger partial charge in [-0.3, -0.25) is 9.79 Å². The van der Waals surface area contributed by atoms with Gasteiger partial charge >= 0.3 is 5.97 Å². The van der Waals surface area contributed by atoms with E-state index in [1.165, 1.54) is 18.4 Å². The number of nitrogens with one attached hydrogen (secondary N) is 2. The molecule has 2 unspecified atom stereocenters. The van der Waals surface area contributed by atoms with Gasteiger partial charge in [0.1, 0.15) is 0 Å². The Balaban J connectivity index is 0.00000392. The van der Waals surface area contributed by atoms with Crippen LogP contribution in [-0.2, 0) is 19.6 Å². The fourth-order valence-electron chi connectivity index (χ4n) is 3.24. The van der Waals surface area contributed by atoms with Gasteiger partial charge in [0.2, 0.25) is 10.0 Å². The van der Waals surface area contributed by atoms with E-state index in [0.29, 0.717) is 30.5 Å². The molecular weight excluding hydrogens is 515 g/mol. The van der Waals surface area contributed by atoms with Crippen molar-refractivity contribution in [2.75, 3.05) is 40.3 Å². The number of thiophene rings is 1. The highest BCUT2D eigenvalue weighted by molar-refractivity contribution is 14.0. The van der Waals surface area contributed by atoms with E-state index in [9.17, 15) is 13.2 Å². The number of likely N-dealkylation sites (tertiary alicyclic amines) is 1. The first-order chi connectivity index (χ1) is 12.7. The molecule has 0 radical (unpaired) electrons. The maximum atomic E-state index is 12.4. The highest BCUT2D eigenvalue weighted by Gasteiger charge is 2.36. The van der Waals surface area contributed by atoms with Gasteiger partial charge in [-0.25, -0.2) is 13.1 Å². The molecule has 0 aromatic carbocycles. The monoisotopic (exact) mass is 544 g/mol. The third kappa shape index (κ3) is 6.04. The van der Waals surface area contributed by atoms with Gasteiger partial charge in [0, 0.05) is 43.0 Å². The molecule has 2 heterocycles. The van der Waals surface area contributed by atoms with Crippen molar-refractivity contribution in [1.82, 2.24) is 14.9 Å². The number of rotatable bonds is 6. The van der Waals surface area contributed by atoms with Gasteiger partial charge in [0.15, 0.2) is 5.96 Å². The summed E-state index contributed by atoms with van der Waals surface area (Å²) in [6, 6.07) is 1.69. The Labute approximate surface area is 188 Å². The zero-order chi connectivity index (χ0) is 20.2. The van der Waals surface area contributed by atoms with Gasteiger partial charge in [-0.2, -0.15) is 0 Å². The molecule has 160 valence electrons. The minimum atomic E-state index is -3.52. The minimum absolute atomic E-state index is 0. The van der Waals surface area contributed by atoms with Crippen molar-refractivity contribution in [1.29, 1.82) is 0 Å². The first-order valence-electron chi connectivity index (χ1n) is 8.79. The molecule has 8 nitrogen and oxygen atoms in total. The molecule has 0 spiro atoms. The van der Waals surface area contributed by atoms with Crippen LogP contribution in [0.4, 0.5) is 0 Å². The standard InChI is InChI=1S/C17H28N4O4S2.HI/c1-11-9-21(10-14(11)16(22)25-5)17(18-4)19-6-7-20-27(23,24)15-8-12(2)26-13(15)3;/h8,11,14,20H,6-7,9-10H2,1-5H3,(H,18,19);1H. The number of halogens is 1. The fraction of sp³-hybridized carbons (Fsp3) is 0.647. The molecule has 11 heteroatoms. The molecular formula is C17H29IN4O4S2. The number of aryl methyl sites for hydroxylation is 2. The number of methoxy groups -OCH3 is 1. The predicted molar refractivity (Wildman–Crippen MR) is 122 cm³/mol. The van der Waals surface area contributed by atoms with E-state index in [1.807, 2.05) is 18.7 Å². The summed E-state index contributed by atoms with van der Waals surface area (Å²) < 4.78 is 32.3. The van der Waals surface area contributed by atoms with Gasteiger partial charge in [0.05, 0.1) is 17.9 Å². The van der Waals surface area contributed by atoms with E-state index in [4.69, 9.17) is 4.74 Å². The number of nitrogens with zero attached hydrogens (tertiary/aromatic N) is 2. The summed E-state index contributed by atoms with van der Waals surface area (Å²) in [6.07, 6.45) is 0. The Kier molecular flexibility index (Phi) is 9.64. The number of aliphatic imine (C=N–C) groups is 1. The number of hydrogen-bond acceptors (Lipinski definition) is 6. The van der Waals surface area contributed by atoms with Gasteiger partial charge in [-0.05, 0) is 25.8 Å². The van der Waals surface area contributed by atoms with Crippen LogP contribution in [-0.4, -0.2) is 65.6 Å². The summed E-state index contributed by atoms with van der Waals surface area (Å²) in [7, 11) is -0.457. The van der Waals surface area contributed by atoms with Crippen molar-refractivity contribution < 1.29 is 17.9 Å². The highest BCUT2D eigenvalue weighted by atomic mass is 127. The number of esters is 1. The lowest BCUT2D eigenvalue weighted by atomic mass is 9.99. The molecule has 2 rings (SSSR count). The molecule has 0 amide bonds. The lowest BCUT2D eigenvalue weighted by Crippen LogP contribution is -2.43. The molecule has 1 aromatic heterocycles. The van der Waals surface area contributed by atoms with E-state index < -0.39 is 10.0 Å². The molecule has 0 aliphatic carbocycles. The third-order valence-electron chi connectivity index (χ3n) is 4.61. The summed E-state index contributed by atoms with van der Waals surface area (Å²) >= 11 is 1.47. The van der Waals surface area contributed by atoms with Gasteiger partial charge in [-0.1, -0.05) is 6.92 Å². The zero-order valence-electron chi connectivity index (χ0n) is 16.8. The Bertz CT molecular complexity index is 810. The molecule has 28 heavy (non-hydrogen) atoms. The maximum absolute atomic E-state index is 12.4. The lowest BCUT2D eigenvalue weighted by Gasteiger charge is -2.21. The topological polar surface area (TPSA) is 100 Å². The average molecular weight is 544 g/mol. The van der Waals surface area contributed by atoms with E-state index in [0.717, 1.165) is 9.75 Å². The van der Waals surface area contributed by atoms with E-state index in [1.54, 1.807) is 20.0 Å². The fourth-order valence-corrected chi connectivity index (χ4v) is 5.83. The zero-order valence-corrected chi connectivity index (χ0v) is 20.8. The first kappa shape index (κ1) is 25.1. The van der Waals surface area contributed by atoms with Crippen LogP contribution in [0.5, 0.6) is 0 Å². The Morgan fingerprint density at radius 2 is 2.04 bits per heavy atom. The molecule has 2 N–H and O–H groups in total. The van der Waals surface area contributed by atoms with Crippen LogP contribution in [0.3, 0.4) is 0 Å². The summed E-state index contributed by atoms with van der Waals surface area (Å²) in [5, 5.41) is 3.15. The van der Waals surface area contributed by atoms with Crippen LogP contribution in [0.25, 0.3) is 0 Å². The van der Waals surface area contributed by atoms with Gasteiger partial charge < -0.3 is 15.0 Å². The molecule has 1 aromatic rings. The average Bonchev–Trinajstić information content (AvgIpc) is 3.16. The quantitative estimate of drug-likeness (QED) is 0.186. The first-order valence-corrected chi connectivity index (χ1v) is 11.1. The van der Waals surface area contributed by atoms with Crippen LogP contribution in [0.2, 0.25) is 0 Å². The highest BCUT2D eigenvalue weighted by Crippen LogP contribution is 2.25. The normalized spacial score (nSPS) is 20.0. The number of ether oxygens (including phenoxy) is 1. The third-order valence-corrected chi connectivity index (χ3v) is 7.30. The smallest absolute Gasteiger partial charge is 0.310 e. The largest absolute Gasteiger partial charge is 0.469 e. The predicted octanol–water partition coefficient (Wildman–Crippen LogP) is 1.58. The Morgan fingerprint density at radius 1 is 1.36 bits per heavy atom. The number of carbonyl (C=O) groups is 1. The van der Waals surface area contributed by atoms with Crippen LogP contribution in [0, 0.1) is 25.7 Å². The van der Waals surface area contributed by atoms with Gasteiger partial charge in [0.25, 0.3) is 0 Å². The second-order valence-electron chi connectivity index (χ2n) is 6.66. The lowest BCUT2D eigenvalue weighted by molar-refractivity contribution is -0.145. The Hall–Kier alpha value is -0.920. The van der Waals surface area contributed by atoms with Crippen LogP contribution >= 0.6 is 35.3 Å². The van der Waals surface area contributed by atoms with Crippen molar-refractivity contribution in [2.24, 2.45) is 16.8 Å². The van der Waals surface area contributed by atoms with Crippen molar-refractivity contribution in [3.05, 3.63) is 15.8 Å². The second kappa shape index (κ2) is 10.7. The molecule has 2 atom stereocenters. The number of hydrogen-bond donors (Lipinski definition) is 2. The SMILES string of the molecule is CN=C(NCCNS(=O)(=O)c1cc(C)sc1C)N1CC(C)C(C(=O)OC)C1.I. The summed E-state index contributed by atoms with van der Waals surface area (Å²) in [6.45, 7) is 7.56. The minimum Gasteiger partial charge on any atom is -0.469 e. The Morgan fingerprint density at radius 3 is 2.57 bits per heavy atom. The molecule has 1 fully saturated rings. The number of carbonyl (C=O) groups excluding carboxylic acids is 1. The number of sulfonamides is 1. The molecule has 0 saturated carbocycles. The van der Waals surface area contributed by atoms with Crippen molar-refractivity contribution in [3.8, 4) is 0 Å². The summed E-state index contributed by atoms with van der Waals surface area (Å²) in [5.74, 6) is 0.417. The summed E-state index contributed by atoms with van der Waals surface area (Å²) in [4.78, 5) is 20.1. The van der Waals surface area contributed by atoms with Gasteiger partial charge in [-0.15, -0.1) is 35.3 Å². The van der Waals surface area contributed by atoms with E-state index >= 15 is 0 Å². The van der Waals surface area contributed by atoms with Crippen LogP contribution < -0.4 is 10.0 Å².